The fourth-order valence-electron chi connectivity index (χ4n) is 2.42. The molecule has 150 valence electrons. The van der Waals surface area contributed by atoms with E-state index in [1.807, 2.05) is 0 Å². The first kappa shape index (κ1) is 21.2. The van der Waals surface area contributed by atoms with Gasteiger partial charge in [0.25, 0.3) is 0 Å². The van der Waals surface area contributed by atoms with Crippen LogP contribution in [0, 0.1) is 5.82 Å². The summed E-state index contributed by atoms with van der Waals surface area (Å²) in [7, 11) is 1.17. The van der Waals surface area contributed by atoms with Crippen LogP contribution in [0.5, 0.6) is 5.75 Å². The highest BCUT2D eigenvalue weighted by atomic mass is 19.4. The zero-order chi connectivity index (χ0) is 20.9. The molecule has 2 aromatic rings. The molecule has 0 atom stereocenters. The van der Waals surface area contributed by atoms with Crippen LogP contribution in [0.4, 0.5) is 23.2 Å². The molecule has 28 heavy (non-hydrogen) atoms. The number of alkyl halides is 3. The number of esters is 2. The number of anilines is 1. The Morgan fingerprint density at radius 1 is 1.11 bits per heavy atom. The predicted octanol–water partition coefficient (Wildman–Crippen LogP) is 4.21. The fourth-order valence-corrected chi connectivity index (χ4v) is 2.42. The quantitative estimate of drug-likeness (QED) is 0.448. The van der Waals surface area contributed by atoms with Crippen LogP contribution in [0.25, 0.3) is 0 Å². The average Bonchev–Trinajstić information content (AvgIpc) is 2.62. The Bertz CT molecular complexity index is 881. The Balaban J connectivity index is 2.08. The second kappa shape index (κ2) is 8.73. The number of carbonyl (C=O) groups excluding carboxylic acids is 2. The lowest BCUT2D eigenvalue weighted by molar-refractivity contribution is -0.137. The van der Waals surface area contributed by atoms with E-state index in [4.69, 9.17) is 4.74 Å². The Morgan fingerprint density at radius 3 is 2.39 bits per heavy atom. The summed E-state index contributed by atoms with van der Waals surface area (Å²) < 4.78 is 61.2. The van der Waals surface area contributed by atoms with Crippen LogP contribution in [-0.4, -0.2) is 25.6 Å². The SMILES string of the molecule is COC(=O)c1cc(NCCc2ccc(C(F)(F)F)cc2F)ccc1OC(C)=O. The number of methoxy groups -OCH3 is 1. The molecule has 0 saturated heterocycles. The Hall–Kier alpha value is -3.10. The van der Waals surface area contributed by atoms with Crippen molar-refractivity contribution in [1.82, 2.24) is 0 Å². The molecule has 0 aliphatic heterocycles. The molecule has 0 heterocycles. The van der Waals surface area contributed by atoms with Crippen molar-refractivity contribution in [2.45, 2.75) is 19.5 Å². The third-order valence-electron chi connectivity index (χ3n) is 3.74. The van der Waals surface area contributed by atoms with Crippen LogP contribution in [0.15, 0.2) is 36.4 Å². The predicted molar refractivity (Wildman–Crippen MR) is 92.7 cm³/mol. The van der Waals surface area contributed by atoms with Crippen molar-refractivity contribution in [3.05, 3.63) is 58.9 Å². The van der Waals surface area contributed by atoms with E-state index in [0.29, 0.717) is 11.8 Å². The van der Waals surface area contributed by atoms with Crippen molar-refractivity contribution < 1.29 is 36.6 Å². The maximum atomic E-state index is 13.9. The molecule has 1 N–H and O–H groups in total. The van der Waals surface area contributed by atoms with Gasteiger partial charge in [0.15, 0.2) is 0 Å². The van der Waals surface area contributed by atoms with Gasteiger partial charge in [-0.25, -0.2) is 9.18 Å². The van der Waals surface area contributed by atoms with Gasteiger partial charge in [-0.15, -0.1) is 0 Å². The molecule has 9 heteroatoms. The molecule has 5 nitrogen and oxygen atoms in total. The number of hydrogen-bond donors (Lipinski definition) is 1. The first-order valence-electron chi connectivity index (χ1n) is 8.12. The summed E-state index contributed by atoms with van der Waals surface area (Å²) in [5.41, 5.74) is -0.456. The molecule has 0 aromatic heterocycles. The second-order valence-electron chi connectivity index (χ2n) is 5.78. The van der Waals surface area contributed by atoms with E-state index in [-0.39, 0.29) is 29.8 Å². The third-order valence-corrected chi connectivity index (χ3v) is 3.74. The minimum Gasteiger partial charge on any atom is -0.465 e. The standard InChI is InChI=1S/C19H17F4NO4/c1-11(25)28-17-6-5-14(10-15(17)18(26)27-2)24-8-7-12-3-4-13(9-16(12)20)19(21,22)23/h3-6,9-10,24H,7-8H2,1-2H3. The molecule has 2 aromatic carbocycles. The van der Waals surface area contributed by atoms with Crippen molar-refractivity contribution >= 4 is 17.6 Å². The second-order valence-corrected chi connectivity index (χ2v) is 5.78. The summed E-state index contributed by atoms with van der Waals surface area (Å²) >= 11 is 0. The Kier molecular flexibility index (Phi) is 6.61. The molecule has 0 spiro atoms. The molecule has 0 amide bonds. The Labute approximate surface area is 158 Å². The summed E-state index contributed by atoms with van der Waals surface area (Å²) in [6.07, 6.45) is -4.49. The zero-order valence-corrected chi connectivity index (χ0v) is 15.0. The topological polar surface area (TPSA) is 64.6 Å². The number of halogens is 4. The highest BCUT2D eigenvalue weighted by molar-refractivity contribution is 5.94. The molecule has 0 radical (unpaired) electrons. The van der Waals surface area contributed by atoms with Gasteiger partial charge >= 0.3 is 18.1 Å². The minimum atomic E-state index is -4.61. The average molecular weight is 399 g/mol. The van der Waals surface area contributed by atoms with Gasteiger partial charge in [-0.3, -0.25) is 4.79 Å². The van der Waals surface area contributed by atoms with E-state index < -0.39 is 29.5 Å². The van der Waals surface area contributed by atoms with Crippen molar-refractivity contribution in [3.8, 4) is 5.75 Å². The van der Waals surface area contributed by atoms with Crippen LogP contribution < -0.4 is 10.1 Å². The van der Waals surface area contributed by atoms with E-state index in [1.165, 1.54) is 32.2 Å². The minimum absolute atomic E-state index is 0.0170. The molecule has 0 aliphatic carbocycles. The van der Waals surface area contributed by atoms with Gasteiger partial charge in [0.05, 0.1) is 12.7 Å². The van der Waals surface area contributed by atoms with Gasteiger partial charge in [0.1, 0.15) is 17.1 Å². The number of benzene rings is 2. The van der Waals surface area contributed by atoms with E-state index in [9.17, 15) is 27.2 Å². The summed E-state index contributed by atoms with van der Waals surface area (Å²) in [6.45, 7) is 1.38. The van der Waals surface area contributed by atoms with Crippen LogP contribution in [-0.2, 0) is 22.1 Å². The number of hydrogen-bond acceptors (Lipinski definition) is 5. The highest BCUT2D eigenvalue weighted by Crippen LogP contribution is 2.30. The van der Waals surface area contributed by atoms with Crippen molar-refractivity contribution in [2.75, 3.05) is 19.0 Å². The lowest BCUT2D eigenvalue weighted by Gasteiger charge is -2.12. The smallest absolute Gasteiger partial charge is 0.416 e. The first-order valence-corrected chi connectivity index (χ1v) is 8.12. The van der Waals surface area contributed by atoms with E-state index >= 15 is 0 Å². The maximum absolute atomic E-state index is 13.9. The lowest BCUT2D eigenvalue weighted by atomic mass is 10.1. The molecular weight excluding hydrogens is 382 g/mol. The maximum Gasteiger partial charge on any atom is 0.416 e. The monoisotopic (exact) mass is 399 g/mol. The summed E-state index contributed by atoms with van der Waals surface area (Å²) in [4.78, 5) is 23.0. The van der Waals surface area contributed by atoms with Crippen molar-refractivity contribution in [2.24, 2.45) is 0 Å². The summed E-state index contributed by atoms with van der Waals surface area (Å²) in [6, 6.07) is 6.69. The molecule has 0 fully saturated rings. The molecule has 0 saturated carbocycles. The third kappa shape index (κ3) is 5.45. The van der Waals surface area contributed by atoms with Crippen LogP contribution in [0.1, 0.15) is 28.4 Å². The lowest BCUT2D eigenvalue weighted by Crippen LogP contribution is -2.11. The van der Waals surface area contributed by atoms with Gasteiger partial charge in [-0.2, -0.15) is 13.2 Å². The largest absolute Gasteiger partial charge is 0.465 e. The molecule has 2 rings (SSSR count). The number of ether oxygens (including phenoxy) is 2. The number of carbonyl (C=O) groups is 2. The van der Waals surface area contributed by atoms with Crippen molar-refractivity contribution in [1.29, 1.82) is 0 Å². The van der Waals surface area contributed by atoms with Gasteiger partial charge in [0.2, 0.25) is 0 Å². The number of nitrogens with one attached hydrogen (secondary N) is 1. The fraction of sp³-hybridized carbons (Fsp3) is 0.263. The molecule has 0 unspecified atom stereocenters. The Morgan fingerprint density at radius 2 is 1.82 bits per heavy atom. The normalized spacial score (nSPS) is 11.1. The zero-order valence-electron chi connectivity index (χ0n) is 15.0. The van der Waals surface area contributed by atoms with Crippen LogP contribution in [0.2, 0.25) is 0 Å². The molecule has 0 aliphatic rings. The number of rotatable bonds is 6. The van der Waals surface area contributed by atoms with Gasteiger partial charge in [-0.1, -0.05) is 6.07 Å². The van der Waals surface area contributed by atoms with Crippen LogP contribution >= 0.6 is 0 Å². The van der Waals surface area contributed by atoms with E-state index in [0.717, 1.165) is 12.1 Å². The van der Waals surface area contributed by atoms with Crippen molar-refractivity contribution in [3.63, 3.8) is 0 Å². The highest BCUT2D eigenvalue weighted by Gasteiger charge is 2.31. The van der Waals surface area contributed by atoms with Gasteiger partial charge in [0, 0.05) is 19.2 Å². The summed E-state index contributed by atoms with van der Waals surface area (Å²) in [5, 5.41) is 2.93. The first-order chi connectivity index (χ1) is 13.1. The van der Waals surface area contributed by atoms with Gasteiger partial charge in [-0.05, 0) is 42.3 Å². The molecular formula is C19H17F4NO4. The van der Waals surface area contributed by atoms with Gasteiger partial charge < -0.3 is 14.8 Å². The van der Waals surface area contributed by atoms with E-state index in [1.54, 1.807) is 0 Å². The van der Waals surface area contributed by atoms with E-state index in [2.05, 4.69) is 10.1 Å². The summed E-state index contributed by atoms with van der Waals surface area (Å²) in [5.74, 6) is -2.24. The van der Waals surface area contributed by atoms with Crippen LogP contribution in [0.3, 0.4) is 0 Å². The molecule has 0 bridgehead atoms.